The number of ether oxygens (including phenoxy) is 2. The number of unbranched alkanes of at least 4 members (excludes halogenated alkanes) is 15. The molecule has 0 aliphatic heterocycles. The van der Waals surface area contributed by atoms with Crippen molar-refractivity contribution in [3.63, 3.8) is 0 Å². The second-order valence-corrected chi connectivity index (χ2v) is 11.4. The van der Waals surface area contributed by atoms with Crippen LogP contribution in [-0.4, -0.2) is 103 Å². The molecule has 37 heavy (non-hydrogen) atoms. The van der Waals surface area contributed by atoms with Gasteiger partial charge in [-0.15, -0.1) is 0 Å². The summed E-state index contributed by atoms with van der Waals surface area (Å²) in [6, 6.07) is 0. The fourth-order valence-corrected chi connectivity index (χ4v) is 4.58. The molecule has 8 heteroatoms. The van der Waals surface area contributed by atoms with Crippen LogP contribution in [0.1, 0.15) is 110 Å². The Morgan fingerprint density at radius 3 is 1.30 bits per heavy atom. The molecule has 0 saturated carbocycles. The first-order valence-electron chi connectivity index (χ1n) is 14.9. The van der Waals surface area contributed by atoms with Gasteiger partial charge in [-0.2, -0.15) is 0 Å². The van der Waals surface area contributed by atoms with Crippen molar-refractivity contribution >= 4 is 0 Å². The Morgan fingerprint density at radius 2 is 0.892 bits per heavy atom. The van der Waals surface area contributed by atoms with E-state index >= 15 is 0 Å². The third-order valence-corrected chi connectivity index (χ3v) is 6.77. The van der Waals surface area contributed by atoms with Gasteiger partial charge in [0.25, 0.3) is 0 Å². The van der Waals surface area contributed by atoms with Gasteiger partial charge in [0.2, 0.25) is 0 Å². The number of quaternary nitrogens is 1. The first-order valence-corrected chi connectivity index (χ1v) is 14.9. The minimum Gasteiger partial charge on any atom is -1.00 e. The highest BCUT2D eigenvalue weighted by atomic mass is 35.5. The summed E-state index contributed by atoms with van der Waals surface area (Å²) in [4.78, 5) is 0. The van der Waals surface area contributed by atoms with E-state index in [2.05, 4.69) is 21.0 Å². The molecule has 0 aromatic rings. The molecule has 0 rings (SSSR count). The minimum atomic E-state index is -0.936. The molecule has 0 aromatic heterocycles. The van der Waals surface area contributed by atoms with Crippen LogP contribution in [0.15, 0.2) is 0 Å². The Kier molecular flexibility index (Phi) is 29.2. The van der Waals surface area contributed by atoms with Gasteiger partial charge in [-0.25, -0.2) is 0 Å². The predicted octanol–water partition coefficient (Wildman–Crippen LogP) is 1.44. The van der Waals surface area contributed by atoms with Gasteiger partial charge < -0.3 is 46.8 Å². The van der Waals surface area contributed by atoms with Gasteiger partial charge in [-0.3, -0.25) is 0 Å². The number of aliphatic hydroxyl groups excluding tert-OH is 4. The average molecular weight is 556 g/mol. The second kappa shape index (κ2) is 27.6. The lowest BCUT2D eigenvalue weighted by atomic mass is 10.0. The topological polar surface area (TPSA) is 99.4 Å². The van der Waals surface area contributed by atoms with Gasteiger partial charge in [-0.05, 0) is 12.8 Å². The molecule has 0 amide bonds. The normalized spacial score (nSPS) is 14.4. The molecule has 7 nitrogen and oxygen atoms in total. The van der Waals surface area contributed by atoms with E-state index in [0.717, 1.165) is 11.0 Å². The number of nitrogens with zero attached hydrogens (tertiary/aromatic N) is 1. The zero-order valence-corrected chi connectivity index (χ0v) is 25.2. The van der Waals surface area contributed by atoms with Crippen molar-refractivity contribution in [1.29, 1.82) is 0 Å². The lowest BCUT2D eigenvalue weighted by Gasteiger charge is -2.32. The van der Waals surface area contributed by atoms with Gasteiger partial charge in [-0.1, -0.05) is 96.8 Å². The van der Waals surface area contributed by atoms with Gasteiger partial charge in [0, 0.05) is 0 Å². The van der Waals surface area contributed by atoms with Crippen LogP contribution in [0.3, 0.4) is 0 Å². The summed E-state index contributed by atoms with van der Waals surface area (Å²) in [7, 11) is 4.28. The van der Waals surface area contributed by atoms with E-state index in [-0.39, 0.29) is 45.4 Å². The summed E-state index contributed by atoms with van der Waals surface area (Å²) in [6.45, 7) is 3.81. The lowest BCUT2D eigenvalue weighted by Crippen LogP contribution is -3.00. The smallest absolute Gasteiger partial charge is 0.126 e. The number of likely N-dealkylation sites (N-methyl/N-ethyl adjacent to an activating group) is 1. The molecule has 226 valence electrons. The number of halogens is 1. The van der Waals surface area contributed by atoms with E-state index in [0.29, 0.717) is 6.54 Å². The number of hydrogen-bond acceptors (Lipinski definition) is 6. The van der Waals surface area contributed by atoms with E-state index in [9.17, 15) is 15.3 Å². The first kappa shape index (κ1) is 39.2. The van der Waals surface area contributed by atoms with Crippen LogP contribution in [0.2, 0.25) is 0 Å². The standard InChI is InChI=1S/C29H62NO6.ClH/c1-4-5-6-7-8-9-10-11-12-13-14-15-16-17-18-19-20-30(2,3)21-27(32)23-35-25-29(34)26-36-24-28(33)22-31;/h27-29,31-34H,4-26H2,1-3H3;1H/q+1;/p-1. The summed E-state index contributed by atoms with van der Waals surface area (Å²) >= 11 is 0. The zero-order chi connectivity index (χ0) is 26.9. The Labute approximate surface area is 234 Å². The maximum Gasteiger partial charge on any atom is 0.126 e. The highest BCUT2D eigenvalue weighted by Crippen LogP contribution is 2.14. The van der Waals surface area contributed by atoms with Crippen molar-refractivity contribution in [2.75, 3.05) is 60.2 Å². The molecule has 0 heterocycles. The van der Waals surface area contributed by atoms with E-state index in [1.54, 1.807) is 0 Å². The van der Waals surface area contributed by atoms with E-state index in [1.165, 1.54) is 103 Å². The van der Waals surface area contributed by atoms with Crippen LogP contribution in [0, 0.1) is 0 Å². The molecule has 3 atom stereocenters. The largest absolute Gasteiger partial charge is 1.00 e. The van der Waals surface area contributed by atoms with E-state index in [1.807, 2.05) is 0 Å². The van der Waals surface area contributed by atoms with Crippen LogP contribution in [-0.2, 0) is 9.47 Å². The lowest BCUT2D eigenvalue weighted by molar-refractivity contribution is -0.893. The quantitative estimate of drug-likeness (QED) is 0.0861. The maximum absolute atomic E-state index is 10.3. The van der Waals surface area contributed by atoms with Crippen LogP contribution in [0.4, 0.5) is 0 Å². The monoisotopic (exact) mass is 555 g/mol. The SMILES string of the molecule is CCCCCCCCCCCCCCCCCC[N+](C)(C)CC(O)COCC(O)COCC(O)CO.[Cl-]. The zero-order valence-electron chi connectivity index (χ0n) is 24.4. The van der Waals surface area contributed by atoms with Crippen LogP contribution < -0.4 is 12.4 Å². The maximum atomic E-state index is 10.3. The van der Waals surface area contributed by atoms with Crippen molar-refractivity contribution in [3.05, 3.63) is 0 Å². The Balaban J connectivity index is 0. The molecule has 0 spiro atoms. The van der Waals surface area contributed by atoms with Crippen molar-refractivity contribution in [2.45, 2.75) is 128 Å². The van der Waals surface area contributed by atoms with Crippen molar-refractivity contribution < 1.29 is 46.8 Å². The molecule has 0 radical (unpaired) electrons. The number of hydrogen-bond donors (Lipinski definition) is 4. The molecule has 0 saturated heterocycles. The third kappa shape index (κ3) is 28.8. The van der Waals surface area contributed by atoms with E-state index in [4.69, 9.17) is 14.6 Å². The third-order valence-electron chi connectivity index (χ3n) is 6.77. The second-order valence-electron chi connectivity index (χ2n) is 11.4. The van der Waals surface area contributed by atoms with Crippen LogP contribution >= 0.6 is 0 Å². The van der Waals surface area contributed by atoms with E-state index < -0.39 is 18.3 Å². The molecular weight excluding hydrogens is 494 g/mol. The summed E-state index contributed by atoms with van der Waals surface area (Å²) in [5, 5.41) is 38.0. The Morgan fingerprint density at radius 1 is 0.541 bits per heavy atom. The average Bonchev–Trinajstić information content (AvgIpc) is 2.83. The molecule has 3 unspecified atom stereocenters. The Hall–Kier alpha value is 0.01000. The predicted molar refractivity (Wildman–Crippen MR) is 148 cm³/mol. The summed E-state index contributed by atoms with van der Waals surface area (Å²) in [6.07, 6.45) is 19.6. The van der Waals surface area contributed by atoms with Crippen molar-refractivity contribution in [3.8, 4) is 0 Å². The molecule has 0 fully saturated rings. The van der Waals surface area contributed by atoms with Crippen LogP contribution in [0.25, 0.3) is 0 Å². The molecule has 4 N–H and O–H groups in total. The van der Waals surface area contributed by atoms with Crippen molar-refractivity contribution in [2.24, 2.45) is 0 Å². The van der Waals surface area contributed by atoms with Crippen molar-refractivity contribution in [1.82, 2.24) is 0 Å². The number of aliphatic hydroxyl groups is 4. The minimum absolute atomic E-state index is 0. The first-order chi connectivity index (χ1) is 17.3. The summed E-state index contributed by atoms with van der Waals surface area (Å²) in [5.74, 6) is 0. The summed E-state index contributed by atoms with van der Waals surface area (Å²) < 4.78 is 11.3. The van der Waals surface area contributed by atoms with Gasteiger partial charge >= 0.3 is 0 Å². The van der Waals surface area contributed by atoms with Crippen LogP contribution in [0.5, 0.6) is 0 Å². The Bertz CT molecular complexity index is 458. The molecule has 0 aliphatic rings. The highest BCUT2D eigenvalue weighted by Gasteiger charge is 2.20. The van der Waals surface area contributed by atoms with Gasteiger partial charge in [0.1, 0.15) is 24.9 Å². The number of rotatable bonds is 28. The molecule has 0 bridgehead atoms. The molecule has 0 aromatic carbocycles. The summed E-state index contributed by atoms with van der Waals surface area (Å²) in [5.41, 5.74) is 0. The molecule has 0 aliphatic carbocycles. The highest BCUT2D eigenvalue weighted by molar-refractivity contribution is 4.58. The molecular formula is C29H62ClNO6. The van der Waals surface area contributed by atoms with Gasteiger partial charge in [0.15, 0.2) is 0 Å². The fourth-order valence-electron chi connectivity index (χ4n) is 4.58. The fraction of sp³-hybridized carbons (Fsp3) is 1.00. The van der Waals surface area contributed by atoms with Gasteiger partial charge in [0.05, 0.1) is 53.7 Å².